The molecule has 1 N–H and O–H groups in total. The van der Waals surface area contributed by atoms with Gasteiger partial charge in [-0.2, -0.15) is 0 Å². The Kier molecular flexibility index (Phi) is 10.9. The predicted octanol–water partition coefficient (Wildman–Crippen LogP) is 5.23. The van der Waals surface area contributed by atoms with E-state index in [0.717, 1.165) is 27.4 Å². The molecule has 0 saturated carbocycles. The van der Waals surface area contributed by atoms with E-state index >= 15 is 0 Å². The summed E-state index contributed by atoms with van der Waals surface area (Å²) < 4.78 is 34.4. The van der Waals surface area contributed by atoms with Crippen LogP contribution in [0.1, 0.15) is 50.3 Å². The van der Waals surface area contributed by atoms with Crippen LogP contribution in [0.25, 0.3) is 0 Å². The van der Waals surface area contributed by atoms with E-state index in [1.54, 1.807) is 61.7 Å². The Morgan fingerprint density at radius 3 is 2.20 bits per heavy atom. The lowest BCUT2D eigenvalue weighted by Crippen LogP contribution is -2.53. The van der Waals surface area contributed by atoms with Gasteiger partial charge >= 0.3 is 0 Å². The predicted molar refractivity (Wildman–Crippen MR) is 162 cm³/mol. The molecule has 0 aromatic heterocycles. The largest absolute Gasteiger partial charge is 0.497 e. The molecule has 0 aliphatic rings. The molecular weight excluding hydrogens is 538 g/mol. The minimum absolute atomic E-state index is 0.0731. The molecule has 0 fully saturated rings. The van der Waals surface area contributed by atoms with Crippen molar-refractivity contribution < 1.29 is 22.7 Å². The maximum absolute atomic E-state index is 14.2. The van der Waals surface area contributed by atoms with E-state index < -0.39 is 28.5 Å². The quantitative estimate of drug-likeness (QED) is 0.299. The zero-order valence-electron chi connectivity index (χ0n) is 24.8. The Morgan fingerprint density at radius 1 is 0.902 bits per heavy atom. The summed E-state index contributed by atoms with van der Waals surface area (Å²) in [6.07, 6.45) is 1.09. The van der Waals surface area contributed by atoms with Crippen molar-refractivity contribution in [1.82, 2.24) is 10.2 Å². The third-order valence-corrected chi connectivity index (χ3v) is 8.84. The molecule has 0 radical (unpaired) electrons. The SMILES string of the molecule is CC[C@@H](C)NC(=O)[C@H](CC)N(Cc1cccc(OC)c1)C(=O)CN(c1cccc(C)c1)S(=O)(=O)c1ccc(C)cc1. The first kappa shape index (κ1) is 31.7. The van der Waals surface area contributed by atoms with Gasteiger partial charge in [0.05, 0.1) is 17.7 Å². The number of sulfonamides is 1. The monoisotopic (exact) mass is 579 g/mol. The van der Waals surface area contributed by atoms with Crippen molar-refractivity contribution in [3.8, 4) is 5.75 Å². The molecule has 220 valence electrons. The molecule has 0 saturated heterocycles. The third kappa shape index (κ3) is 8.10. The van der Waals surface area contributed by atoms with E-state index in [-0.39, 0.29) is 23.4 Å². The highest BCUT2D eigenvalue weighted by Gasteiger charge is 2.34. The van der Waals surface area contributed by atoms with Crippen molar-refractivity contribution in [2.75, 3.05) is 18.0 Å². The van der Waals surface area contributed by atoms with E-state index in [0.29, 0.717) is 17.9 Å². The Labute approximate surface area is 244 Å². The van der Waals surface area contributed by atoms with Crippen molar-refractivity contribution in [1.29, 1.82) is 0 Å². The molecule has 3 aromatic carbocycles. The standard InChI is InChI=1S/C32H41N3O5S/c1-7-25(5)33-32(37)30(8-2)34(21-26-12-10-14-28(20-26)40-6)31(36)22-35(27-13-9-11-24(4)19-27)41(38,39)29-17-15-23(3)16-18-29/h9-20,25,30H,7-8,21-22H2,1-6H3,(H,33,37)/t25-,30+/m1/s1. The van der Waals surface area contributed by atoms with Crippen LogP contribution >= 0.6 is 0 Å². The molecule has 3 aromatic rings. The fraction of sp³-hybridized carbons (Fsp3) is 0.375. The zero-order chi connectivity index (χ0) is 30.2. The molecule has 0 bridgehead atoms. The van der Waals surface area contributed by atoms with Crippen molar-refractivity contribution in [2.24, 2.45) is 0 Å². The summed E-state index contributed by atoms with van der Waals surface area (Å²) in [6, 6.07) is 20.0. The lowest BCUT2D eigenvalue weighted by molar-refractivity contribution is -0.140. The van der Waals surface area contributed by atoms with Gasteiger partial charge in [-0.1, -0.05) is 55.8 Å². The van der Waals surface area contributed by atoms with E-state index in [1.807, 2.05) is 52.8 Å². The van der Waals surface area contributed by atoms with Gasteiger partial charge in [0.15, 0.2) is 0 Å². The number of amides is 2. The van der Waals surface area contributed by atoms with Gasteiger partial charge in [-0.25, -0.2) is 8.42 Å². The minimum atomic E-state index is -4.11. The van der Waals surface area contributed by atoms with Gasteiger partial charge in [0.2, 0.25) is 11.8 Å². The van der Waals surface area contributed by atoms with E-state index in [9.17, 15) is 18.0 Å². The number of rotatable bonds is 13. The summed E-state index contributed by atoms with van der Waals surface area (Å²) in [6.45, 7) is 9.10. The number of hydrogen-bond donors (Lipinski definition) is 1. The fourth-order valence-corrected chi connectivity index (χ4v) is 5.88. The highest BCUT2D eigenvalue weighted by atomic mass is 32.2. The molecule has 0 heterocycles. The maximum Gasteiger partial charge on any atom is 0.264 e. The van der Waals surface area contributed by atoms with Crippen LogP contribution in [0.2, 0.25) is 0 Å². The smallest absolute Gasteiger partial charge is 0.264 e. The number of carbonyl (C=O) groups is 2. The molecule has 3 rings (SSSR count). The summed E-state index contributed by atoms with van der Waals surface area (Å²) in [4.78, 5) is 29.1. The number of anilines is 1. The van der Waals surface area contributed by atoms with Gasteiger partial charge in [-0.15, -0.1) is 0 Å². The minimum Gasteiger partial charge on any atom is -0.497 e. The second-order valence-corrected chi connectivity index (χ2v) is 12.1. The van der Waals surface area contributed by atoms with Crippen LogP contribution in [0.15, 0.2) is 77.7 Å². The Morgan fingerprint density at radius 2 is 1.59 bits per heavy atom. The summed E-state index contributed by atoms with van der Waals surface area (Å²) >= 11 is 0. The van der Waals surface area contributed by atoms with Crippen LogP contribution in [-0.4, -0.2) is 50.9 Å². The molecule has 2 atom stereocenters. The molecule has 2 amide bonds. The molecular formula is C32H41N3O5S. The van der Waals surface area contributed by atoms with Gasteiger partial charge in [0.1, 0.15) is 18.3 Å². The summed E-state index contributed by atoms with van der Waals surface area (Å²) in [5.74, 6) is -0.145. The molecule has 41 heavy (non-hydrogen) atoms. The van der Waals surface area contributed by atoms with Gasteiger partial charge < -0.3 is 15.0 Å². The zero-order valence-corrected chi connectivity index (χ0v) is 25.6. The first-order valence-corrected chi connectivity index (χ1v) is 15.3. The van der Waals surface area contributed by atoms with Crippen LogP contribution in [0.5, 0.6) is 5.75 Å². The Bertz CT molecular complexity index is 1440. The number of methoxy groups -OCH3 is 1. The van der Waals surface area contributed by atoms with Gasteiger partial charge in [-0.05, 0) is 81.1 Å². The van der Waals surface area contributed by atoms with Crippen molar-refractivity contribution in [2.45, 2.75) is 71.0 Å². The lowest BCUT2D eigenvalue weighted by atomic mass is 10.1. The van der Waals surface area contributed by atoms with Crippen LogP contribution in [0, 0.1) is 13.8 Å². The number of ether oxygens (including phenoxy) is 1. The van der Waals surface area contributed by atoms with Crippen molar-refractivity contribution in [3.63, 3.8) is 0 Å². The fourth-order valence-electron chi connectivity index (χ4n) is 4.48. The first-order chi connectivity index (χ1) is 19.5. The van der Waals surface area contributed by atoms with Crippen molar-refractivity contribution >= 4 is 27.5 Å². The number of nitrogens with zero attached hydrogens (tertiary/aromatic N) is 2. The first-order valence-electron chi connectivity index (χ1n) is 13.9. The molecule has 0 aliphatic heterocycles. The molecule has 9 heteroatoms. The van der Waals surface area contributed by atoms with E-state index in [2.05, 4.69) is 5.32 Å². The van der Waals surface area contributed by atoms with Crippen LogP contribution in [-0.2, 0) is 26.2 Å². The second kappa shape index (κ2) is 14.2. The maximum atomic E-state index is 14.2. The average Bonchev–Trinajstić information content (AvgIpc) is 2.95. The highest BCUT2D eigenvalue weighted by Crippen LogP contribution is 2.26. The number of nitrogens with one attached hydrogen (secondary N) is 1. The third-order valence-electron chi connectivity index (χ3n) is 7.05. The number of benzene rings is 3. The molecule has 0 aliphatic carbocycles. The highest BCUT2D eigenvalue weighted by molar-refractivity contribution is 7.92. The summed E-state index contributed by atoms with van der Waals surface area (Å²) in [5.41, 5.74) is 2.91. The summed E-state index contributed by atoms with van der Waals surface area (Å²) in [7, 11) is -2.55. The second-order valence-electron chi connectivity index (χ2n) is 10.3. The topological polar surface area (TPSA) is 96.0 Å². The number of carbonyl (C=O) groups excluding carboxylic acids is 2. The molecule has 8 nitrogen and oxygen atoms in total. The summed E-state index contributed by atoms with van der Waals surface area (Å²) in [5, 5.41) is 2.99. The Balaban J connectivity index is 2.07. The Hall–Kier alpha value is -3.85. The van der Waals surface area contributed by atoms with Crippen LogP contribution < -0.4 is 14.4 Å². The average molecular weight is 580 g/mol. The van der Waals surface area contributed by atoms with Crippen LogP contribution in [0.3, 0.4) is 0 Å². The lowest BCUT2D eigenvalue weighted by Gasteiger charge is -2.34. The van der Waals surface area contributed by atoms with Gasteiger partial charge in [0, 0.05) is 12.6 Å². The van der Waals surface area contributed by atoms with Gasteiger partial charge in [-0.3, -0.25) is 13.9 Å². The van der Waals surface area contributed by atoms with Crippen molar-refractivity contribution in [3.05, 3.63) is 89.5 Å². The van der Waals surface area contributed by atoms with Crippen LogP contribution in [0.4, 0.5) is 5.69 Å². The normalized spacial score (nSPS) is 12.7. The van der Waals surface area contributed by atoms with E-state index in [4.69, 9.17) is 4.74 Å². The molecule has 0 unspecified atom stereocenters. The number of hydrogen-bond acceptors (Lipinski definition) is 5. The van der Waals surface area contributed by atoms with E-state index in [1.165, 1.54) is 4.90 Å². The molecule has 0 spiro atoms. The van der Waals surface area contributed by atoms with Gasteiger partial charge in [0.25, 0.3) is 10.0 Å². The number of aryl methyl sites for hydroxylation is 2.